The maximum Gasteiger partial charge on any atom is 0.0640 e. The number of nitrogens with zero attached hydrogens (tertiary/aromatic N) is 1. The zero-order chi connectivity index (χ0) is 8.39. The van der Waals surface area contributed by atoms with Gasteiger partial charge in [0.25, 0.3) is 0 Å². The highest BCUT2D eigenvalue weighted by Gasteiger charge is 2.21. The number of benzene rings is 1. The van der Waals surface area contributed by atoms with E-state index in [2.05, 4.69) is 42.2 Å². The topological polar surface area (TPSA) is 12.4 Å². The minimum Gasteiger partial charge on any atom is -0.282 e. The maximum atomic E-state index is 4.33. The summed E-state index contributed by atoms with van der Waals surface area (Å²) in [6.45, 7) is 2.16. The molecule has 1 nitrogen and oxygen atoms in total. The molecule has 0 fully saturated rings. The second-order valence-corrected chi connectivity index (χ2v) is 3.95. The van der Waals surface area contributed by atoms with Crippen molar-refractivity contribution in [1.29, 1.82) is 0 Å². The van der Waals surface area contributed by atoms with Crippen molar-refractivity contribution in [3.8, 4) is 0 Å². The van der Waals surface area contributed by atoms with E-state index in [-0.39, 0.29) is 0 Å². The Morgan fingerprint density at radius 2 is 2.00 bits per heavy atom. The Kier molecular flexibility index (Phi) is 2.17. The van der Waals surface area contributed by atoms with Gasteiger partial charge in [-0.1, -0.05) is 30.3 Å². The van der Waals surface area contributed by atoms with Crippen LogP contribution in [-0.4, -0.2) is 11.6 Å². The molecule has 1 heterocycles. The van der Waals surface area contributed by atoms with Gasteiger partial charge in [0.05, 0.1) is 16.8 Å². The van der Waals surface area contributed by atoms with Crippen molar-refractivity contribution < 1.29 is 0 Å². The van der Waals surface area contributed by atoms with Crippen LogP contribution in [0.2, 0.25) is 0 Å². The average Bonchev–Trinajstić information content (AvgIpc) is 2.53. The van der Waals surface area contributed by atoms with Gasteiger partial charge in [0.1, 0.15) is 0 Å². The minimum atomic E-state index is 0.428. The van der Waals surface area contributed by atoms with Crippen molar-refractivity contribution in [2.45, 2.75) is 18.2 Å². The fourth-order valence-corrected chi connectivity index (χ4v) is 2.39. The van der Waals surface area contributed by atoms with Gasteiger partial charge in [0, 0.05) is 0 Å². The van der Waals surface area contributed by atoms with Gasteiger partial charge in [-0.15, -0.1) is 11.8 Å². The van der Waals surface area contributed by atoms with E-state index < -0.39 is 0 Å². The SMILES string of the molecule is CC1N=CSC1c1ccccc1. The smallest absolute Gasteiger partial charge is 0.0640 e. The fraction of sp³-hybridized carbons (Fsp3) is 0.300. The maximum absolute atomic E-state index is 4.33. The predicted octanol–water partition coefficient (Wildman–Crippen LogP) is 2.89. The summed E-state index contributed by atoms with van der Waals surface area (Å²) < 4.78 is 0. The molecule has 0 radical (unpaired) electrons. The van der Waals surface area contributed by atoms with Crippen molar-refractivity contribution in [3.05, 3.63) is 35.9 Å². The quantitative estimate of drug-likeness (QED) is 0.642. The third-order valence-electron chi connectivity index (χ3n) is 2.07. The Hall–Kier alpha value is -0.760. The summed E-state index contributed by atoms with van der Waals surface area (Å²) in [5.41, 5.74) is 3.34. The van der Waals surface area contributed by atoms with Crippen LogP contribution in [0, 0.1) is 0 Å². The molecule has 1 aromatic carbocycles. The molecule has 2 atom stereocenters. The number of aliphatic imine (C=N–C) groups is 1. The molecular formula is C10H11NS. The van der Waals surface area contributed by atoms with E-state index in [1.165, 1.54) is 5.56 Å². The summed E-state index contributed by atoms with van der Waals surface area (Å²) in [7, 11) is 0. The largest absolute Gasteiger partial charge is 0.282 e. The molecule has 0 spiro atoms. The van der Waals surface area contributed by atoms with Gasteiger partial charge in [-0.05, 0) is 12.5 Å². The molecule has 0 N–H and O–H groups in total. The van der Waals surface area contributed by atoms with Gasteiger partial charge in [0.2, 0.25) is 0 Å². The van der Waals surface area contributed by atoms with Crippen LogP contribution in [-0.2, 0) is 0 Å². The second-order valence-electron chi connectivity index (χ2n) is 2.96. The third kappa shape index (κ3) is 1.39. The molecule has 62 valence electrons. The van der Waals surface area contributed by atoms with Crippen LogP contribution >= 0.6 is 11.8 Å². The van der Waals surface area contributed by atoms with Crippen molar-refractivity contribution in [1.82, 2.24) is 0 Å². The summed E-state index contributed by atoms with van der Waals surface area (Å²) in [5.74, 6) is 0. The van der Waals surface area contributed by atoms with Crippen LogP contribution in [0.1, 0.15) is 17.7 Å². The summed E-state index contributed by atoms with van der Waals surface area (Å²) in [4.78, 5) is 4.33. The Balaban J connectivity index is 2.22. The molecule has 0 amide bonds. The third-order valence-corrected chi connectivity index (χ3v) is 3.27. The number of hydrogen-bond acceptors (Lipinski definition) is 2. The van der Waals surface area contributed by atoms with E-state index in [0.717, 1.165) is 0 Å². The lowest BCUT2D eigenvalue weighted by atomic mass is 10.1. The van der Waals surface area contributed by atoms with Gasteiger partial charge < -0.3 is 0 Å². The monoisotopic (exact) mass is 177 g/mol. The van der Waals surface area contributed by atoms with Gasteiger partial charge in [0.15, 0.2) is 0 Å². The van der Waals surface area contributed by atoms with Crippen LogP contribution in [0.4, 0.5) is 0 Å². The lowest BCUT2D eigenvalue weighted by Crippen LogP contribution is -2.04. The molecule has 2 heteroatoms. The fourth-order valence-electron chi connectivity index (χ4n) is 1.39. The molecule has 1 aliphatic heterocycles. The number of hydrogen-bond donors (Lipinski definition) is 0. The van der Waals surface area contributed by atoms with Crippen LogP contribution in [0.15, 0.2) is 35.3 Å². The Morgan fingerprint density at radius 1 is 1.25 bits per heavy atom. The summed E-state index contributed by atoms with van der Waals surface area (Å²) in [5, 5.41) is 0.534. The van der Waals surface area contributed by atoms with Gasteiger partial charge in [-0.2, -0.15) is 0 Å². The Labute approximate surface area is 76.9 Å². The zero-order valence-corrected chi connectivity index (χ0v) is 7.79. The molecule has 0 saturated carbocycles. The van der Waals surface area contributed by atoms with Gasteiger partial charge in [-0.25, -0.2) is 0 Å². The standard InChI is InChI=1S/C10H11NS/c1-8-10(12-7-11-8)9-5-3-2-4-6-9/h2-8,10H,1H3. The first kappa shape index (κ1) is 7.87. The molecule has 2 rings (SSSR count). The van der Waals surface area contributed by atoms with E-state index in [4.69, 9.17) is 0 Å². The normalized spacial score (nSPS) is 27.8. The first-order valence-corrected chi connectivity index (χ1v) is 5.04. The molecule has 2 unspecified atom stereocenters. The van der Waals surface area contributed by atoms with E-state index in [1.54, 1.807) is 0 Å². The van der Waals surface area contributed by atoms with Crippen LogP contribution < -0.4 is 0 Å². The number of thioether (sulfide) groups is 1. The van der Waals surface area contributed by atoms with E-state index >= 15 is 0 Å². The molecular weight excluding hydrogens is 166 g/mol. The zero-order valence-electron chi connectivity index (χ0n) is 6.97. The van der Waals surface area contributed by atoms with E-state index in [9.17, 15) is 0 Å². The van der Waals surface area contributed by atoms with Crippen molar-refractivity contribution in [3.63, 3.8) is 0 Å². The minimum absolute atomic E-state index is 0.428. The van der Waals surface area contributed by atoms with Gasteiger partial charge >= 0.3 is 0 Å². The highest BCUT2D eigenvalue weighted by atomic mass is 32.2. The number of rotatable bonds is 1. The van der Waals surface area contributed by atoms with Crippen LogP contribution in [0.5, 0.6) is 0 Å². The van der Waals surface area contributed by atoms with Crippen molar-refractivity contribution in [2.24, 2.45) is 4.99 Å². The van der Waals surface area contributed by atoms with Crippen molar-refractivity contribution in [2.75, 3.05) is 0 Å². The molecule has 1 aliphatic rings. The second kappa shape index (κ2) is 3.31. The molecule has 0 aromatic heterocycles. The molecule has 1 aromatic rings. The van der Waals surface area contributed by atoms with Crippen LogP contribution in [0.25, 0.3) is 0 Å². The van der Waals surface area contributed by atoms with E-state index in [1.807, 2.05) is 17.3 Å². The Bertz CT molecular complexity index is 281. The average molecular weight is 177 g/mol. The first-order valence-electron chi connectivity index (χ1n) is 4.10. The Morgan fingerprint density at radius 3 is 2.58 bits per heavy atom. The lowest BCUT2D eigenvalue weighted by molar-refractivity contribution is 0.741. The highest BCUT2D eigenvalue weighted by molar-refractivity contribution is 8.12. The van der Waals surface area contributed by atoms with Crippen LogP contribution in [0.3, 0.4) is 0 Å². The molecule has 0 saturated heterocycles. The molecule has 12 heavy (non-hydrogen) atoms. The summed E-state index contributed by atoms with van der Waals surface area (Å²) >= 11 is 1.81. The summed E-state index contributed by atoms with van der Waals surface area (Å²) in [6, 6.07) is 11.0. The van der Waals surface area contributed by atoms with Crippen molar-refractivity contribution >= 4 is 17.3 Å². The molecule has 0 aliphatic carbocycles. The molecule has 0 bridgehead atoms. The highest BCUT2D eigenvalue weighted by Crippen LogP contribution is 2.36. The first-order chi connectivity index (χ1) is 5.88. The predicted molar refractivity (Wildman–Crippen MR) is 54.7 cm³/mol. The van der Waals surface area contributed by atoms with Gasteiger partial charge in [-0.3, -0.25) is 4.99 Å². The lowest BCUT2D eigenvalue weighted by Gasteiger charge is -2.12. The summed E-state index contributed by atoms with van der Waals surface area (Å²) in [6.07, 6.45) is 0. The van der Waals surface area contributed by atoms with E-state index in [0.29, 0.717) is 11.3 Å².